The van der Waals surface area contributed by atoms with Gasteiger partial charge in [0.15, 0.2) is 11.9 Å². The van der Waals surface area contributed by atoms with Crippen LogP contribution in [0.2, 0.25) is 0 Å². The zero-order chi connectivity index (χ0) is 20.4. The molecule has 2 heteroatoms. The minimum Gasteiger partial charge on any atom is -0.287 e. The Morgan fingerprint density at radius 3 is 2.14 bits per heavy atom. The predicted molar refractivity (Wildman–Crippen MR) is 115 cm³/mol. The zero-order valence-corrected chi connectivity index (χ0v) is 17.9. The Labute approximate surface area is 168 Å². The van der Waals surface area contributed by atoms with Gasteiger partial charge in [0.05, 0.1) is 0 Å². The molecule has 0 unspecified atom stereocenters. The molecule has 0 N–H and O–H groups in total. The van der Waals surface area contributed by atoms with Gasteiger partial charge < -0.3 is 0 Å². The van der Waals surface area contributed by atoms with Crippen molar-refractivity contribution < 1.29 is 9.36 Å². The lowest BCUT2D eigenvalue weighted by atomic mass is 9.93. The van der Waals surface area contributed by atoms with E-state index in [4.69, 9.17) is 0 Å². The summed E-state index contributed by atoms with van der Waals surface area (Å²) in [6, 6.07) is 14.5. The second-order valence-electron chi connectivity index (χ2n) is 8.01. The van der Waals surface area contributed by atoms with E-state index >= 15 is 0 Å². The minimum atomic E-state index is 0.144. The number of aryl methyl sites for hydroxylation is 4. The molecule has 1 heterocycles. The highest BCUT2D eigenvalue weighted by Gasteiger charge is 2.17. The lowest BCUT2D eigenvalue weighted by Crippen LogP contribution is -2.41. The van der Waals surface area contributed by atoms with Crippen LogP contribution in [0.1, 0.15) is 55.0 Å². The monoisotopic (exact) mass is 372 g/mol. The van der Waals surface area contributed by atoms with E-state index in [1.54, 1.807) is 0 Å². The van der Waals surface area contributed by atoms with Gasteiger partial charge in [-0.25, -0.2) is 0 Å². The summed E-state index contributed by atoms with van der Waals surface area (Å²) in [4.78, 5) is 12.7. The first kappa shape index (κ1) is 20.0. The summed E-state index contributed by atoms with van der Waals surface area (Å²) >= 11 is 0. The number of ketones is 1. The van der Waals surface area contributed by atoms with Crippen LogP contribution >= 0.6 is 0 Å². The molecule has 1 aromatic heterocycles. The lowest BCUT2D eigenvalue weighted by molar-refractivity contribution is -0.689. The first-order chi connectivity index (χ1) is 13.3. The third-order valence-electron chi connectivity index (χ3n) is 5.93. The summed E-state index contributed by atoms with van der Waals surface area (Å²) in [5.74, 6) is 0.144. The molecular formula is C26H30NO+. The minimum absolute atomic E-state index is 0.144. The molecule has 0 radical (unpaired) electrons. The van der Waals surface area contributed by atoms with Crippen LogP contribution in [-0.4, -0.2) is 5.78 Å². The number of rotatable bonds is 5. The van der Waals surface area contributed by atoms with Gasteiger partial charge in [-0.1, -0.05) is 42.0 Å². The summed E-state index contributed by atoms with van der Waals surface area (Å²) in [7, 11) is 0. The van der Waals surface area contributed by atoms with Gasteiger partial charge in [-0.05, 0) is 68.9 Å². The molecule has 0 spiro atoms. The molecule has 0 bridgehead atoms. The van der Waals surface area contributed by atoms with Gasteiger partial charge in [0.2, 0.25) is 12.3 Å². The summed E-state index contributed by atoms with van der Waals surface area (Å²) in [5.41, 5.74) is 11.1. The molecule has 28 heavy (non-hydrogen) atoms. The van der Waals surface area contributed by atoms with E-state index in [0.717, 1.165) is 17.7 Å². The molecule has 0 saturated heterocycles. The van der Waals surface area contributed by atoms with Crippen molar-refractivity contribution in [3.8, 4) is 0 Å². The first-order valence-electron chi connectivity index (χ1n) is 9.91. The molecule has 2 aromatic carbocycles. The Morgan fingerprint density at radius 2 is 1.46 bits per heavy atom. The maximum absolute atomic E-state index is 12.7. The summed E-state index contributed by atoms with van der Waals surface area (Å²) in [6.07, 6.45) is 3.04. The van der Waals surface area contributed by atoms with Crippen LogP contribution in [0.3, 0.4) is 0 Å². The topological polar surface area (TPSA) is 20.9 Å². The smallest absolute Gasteiger partial charge is 0.227 e. The maximum Gasteiger partial charge on any atom is 0.227 e. The SMILES string of the molecule is Cc1ccc(C(=O)C[n+]2cc(C)c(Cc3ccc(C)c(C)c3C)cc2C)cc1. The molecule has 0 fully saturated rings. The van der Waals surface area contributed by atoms with Gasteiger partial charge in [-0.15, -0.1) is 0 Å². The van der Waals surface area contributed by atoms with Crippen molar-refractivity contribution >= 4 is 5.78 Å². The quantitative estimate of drug-likeness (QED) is 0.440. The highest BCUT2D eigenvalue weighted by Crippen LogP contribution is 2.21. The number of carbonyl (C=O) groups is 1. The van der Waals surface area contributed by atoms with Crippen molar-refractivity contribution in [3.05, 3.63) is 98.9 Å². The fraction of sp³-hybridized carbons (Fsp3) is 0.308. The first-order valence-corrected chi connectivity index (χ1v) is 9.91. The number of nitrogens with zero attached hydrogens (tertiary/aromatic N) is 1. The average molecular weight is 373 g/mol. The molecular weight excluding hydrogens is 342 g/mol. The van der Waals surface area contributed by atoms with Crippen molar-refractivity contribution in [2.45, 2.75) is 54.5 Å². The van der Waals surface area contributed by atoms with Crippen molar-refractivity contribution in [3.63, 3.8) is 0 Å². The van der Waals surface area contributed by atoms with E-state index in [2.05, 4.69) is 63.6 Å². The number of aromatic nitrogens is 1. The van der Waals surface area contributed by atoms with E-state index in [1.807, 2.05) is 31.2 Å². The molecule has 0 atom stereocenters. The van der Waals surface area contributed by atoms with Gasteiger partial charge >= 0.3 is 0 Å². The van der Waals surface area contributed by atoms with Gasteiger partial charge in [-0.3, -0.25) is 4.79 Å². The Hall–Kier alpha value is -2.74. The van der Waals surface area contributed by atoms with Crippen LogP contribution in [0, 0.1) is 41.5 Å². The standard InChI is InChI=1S/C26H30NO/c1-17-7-10-23(11-8-17)26(28)16-27-15-19(3)25(13-20(27)4)14-24-12-9-18(2)21(5)22(24)6/h7-13,15H,14,16H2,1-6H3/q+1. The van der Waals surface area contributed by atoms with E-state index in [0.29, 0.717) is 6.54 Å². The Bertz CT molecular complexity index is 1030. The highest BCUT2D eigenvalue weighted by molar-refractivity contribution is 5.95. The third kappa shape index (κ3) is 4.22. The molecule has 0 aliphatic carbocycles. The summed E-state index contributed by atoms with van der Waals surface area (Å²) in [6.45, 7) is 13.2. The van der Waals surface area contributed by atoms with E-state index < -0.39 is 0 Å². The molecule has 3 aromatic rings. The molecule has 0 saturated carbocycles. The van der Waals surface area contributed by atoms with E-state index in [9.17, 15) is 4.79 Å². The Kier molecular flexibility index (Phi) is 5.79. The predicted octanol–water partition coefficient (Wildman–Crippen LogP) is 5.30. The van der Waals surface area contributed by atoms with Gasteiger partial charge in [0.1, 0.15) is 0 Å². The average Bonchev–Trinajstić information content (AvgIpc) is 2.66. The van der Waals surface area contributed by atoms with Crippen LogP contribution in [0.4, 0.5) is 0 Å². The normalized spacial score (nSPS) is 10.9. The van der Waals surface area contributed by atoms with Gasteiger partial charge in [0, 0.05) is 24.1 Å². The fourth-order valence-corrected chi connectivity index (χ4v) is 3.62. The molecule has 0 amide bonds. The number of hydrogen-bond acceptors (Lipinski definition) is 1. The zero-order valence-electron chi connectivity index (χ0n) is 17.9. The van der Waals surface area contributed by atoms with Crippen LogP contribution < -0.4 is 4.57 Å². The fourth-order valence-electron chi connectivity index (χ4n) is 3.62. The van der Waals surface area contributed by atoms with Crippen LogP contribution in [0.25, 0.3) is 0 Å². The van der Waals surface area contributed by atoms with Crippen molar-refractivity contribution in [1.29, 1.82) is 0 Å². The number of benzene rings is 2. The summed E-state index contributed by atoms with van der Waals surface area (Å²) < 4.78 is 2.06. The van der Waals surface area contributed by atoms with Crippen molar-refractivity contribution in [1.82, 2.24) is 0 Å². The van der Waals surface area contributed by atoms with Crippen LogP contribution in [-0.2, 0) is 13.0 Å². The van der Waals surface area contributed by atoms with Crippen LogP contribution in [0.15, 0.2) is 48.7 Å². The third-order valence-corrected chi connectivity index (χ3v) is 5.93. The lowest BCUT2D eigenvalue weighted by Gasteiger charge is -2.13. The molecule has 2 nitrogen and oxygen atoms in total. The Balaban J connectivity index is 1.84. The number of pyridine rings is 1. The Morgan fingerprint density at radius 1 is 0.786 bits per heavy atom. The molecule has 144 valence electrons. The van der Waals surface area contributed by atoms with Crippen molar-refractivity contribution in [2.75, 3.05) is 0 Å². The second-order valence-corrected chi connectivity index (χ2v) is 8.01. The van der Waals surface area contributed by atoms with Gasteiger partial charge in [-0.2, -0.15) is 4.57 Å². The summed E-state index contributed by atoms with van der Waals surface area (Å²) in [5, 5.41) is 0. The number of carbonyl (C=O) groups excluding carboxylic acids is 1. The van der Waals surface area contributed by atoms with Gasteiger partial charge in [0.25, 0.3) is 0 Å². The van der Waals surface area contributed by atoms with E-state index in [-0.39, 0.29) is 5.78 Å². The van der Waals surface area contributed by atoms with Crippen LogP contribution in [0.5, 0.6) is 0 Å². The van der Waals surface area contributed by atoms with Crippen molar-refractivity contribution in [2.24, 2.45) is 0 Å². The molecule has 3 rings (SSSR count). The maximum atomic E-state index is 12.7. The number of hydrogen-bond donors (Lipinski definition) is 0. The highest BCUT2D eigenvalue weighted by atomic mass is 16.1. The molecule has 0 aliphatic rings. The number of Topliss-reactive ketones (excluding diaryl/α,β-unsaturated/α-hetero) is 1. The second kappa shape index (κ2) is 8.10. The van der Waals surface area contributed by atoms with E-state index in [1.165, 1.54) is 38.9 Å². The largest absolute Gasteiger partial charge is 0.287 e. The molecule has 0 aliphatic heterocycles.